The van der Waals surface area contributed by atoms with Gasteiger partial charge in [-0.3, -0.25) is 4.79 Å². The number of ketones is 1. The van der Waals surface area contributed by atoms with E-state index in [0.717, 1.165) is 17.9 Å². The van der Waals surface area contributed by atoms with Crippen LogP contribution in [0, 0.1) is 0 Å². The van der Waals surface area contributed by atoms with Crippen molar-refractivity contribution in [2.45, 2.75) is 31.1 Å². The molecule has 16 heavy (non-hydrogen) atoms. The fraction of sp³-hybridized carbons (Fsp3) is 0.462. The average molecular weight is 238 g/mol. The molecule has 0 aromatic heterocycles. The molecule has 0 atom stereocenters. The SMILES string of the molecule is CCC(=O)CCCSc1ccc(OC)cc1. The molecule has 0 aliphatic rings. The Hall–Kier alpha value is -0.960. The van der Waals surface area contributed by atoms with Crippen LogP contribution in [0.5, 0.6) is 5.75 Å². The lowest BCUT2D eigenvalue weighted by molar-refractivity contribution is -0.118. The summed E-state index contributed by atoms with van der Waals surface area (Å²) in [5, 5.41) is 0. The number of carbonyl (C=O) groups excluding carboxylic acids is 1. The van der Waals surface area contributed by atoms with Gasteiger partial charge in [-0.05, 0) is 36.4 Å². The summed E-state index contributed by atoms with van der Waals surface area (Å²) in [5.74, 6) is 2.23. The van der Waals surface area contributed by atoms with Crippen LogP contribution in [0.2, 0.25) is 0 Å². The lowest BCUT2D eigenvalue weighted by Crippen LogP contribution is -1.95. The molecule has 0 heterocycles. The molecule has 0 unspecified atom stereocenters. The standard InChI is InChI=1S/C13H18O2S/c1-3-11(14)5-4-10-16-13-8-6-12(15-2)7-9-13/h6-9H,3-5,10H2,1-2H3. The third kappa shape index (κ3) is 4.71. The van der Waals surface area contributed by atoms with E-state index < -0.39 is 0 Å². The molecule has 0 spiro atoms. The molecule has 88 valence electrons. The van der Waals surface area contributed by atoms with Crippen LogP contribution < -0.4 is 4.74 Å². The maximum absolute atomic E-state index is 11.1. The van der Waals surface area contributed by atoms with Gasteiger partial charge in [-0.1, -0.05) is 6.92 Å². The number of Topliss-reactive ketones (excluding diaryl/α,β-unsaturated/α-hetero) is 1. The first-order valence-electron chi connectivity index (χ1n) is 5.54. The second kappa shape index (κ2) is 7.34. The predicted octanol–water partition coefficient (Wildman–Crippen LogP) is 3.55. The first-order chi connectivity index (χ1) is 7.76. The Morgan fingerprint density at radius 2 is 2.00 bits per heavy atom. The fourth-order valence-electron chi connectivity index (χ4n) is 1.31. The number of hydrogen-bond donors (Lipinski definition) is 0. The van der Waals surface area contributed by atoms with E-state index in [1.165, 1.54) is 4.90 Å². The highest BCUT2D eigenvalue weighted by atomic mass is 32.2. The van der Waals surface area contributed by atoms with Crippen LogP contribution in [0.1, 0.15) is 26.2 Å². The molecule has 0 N–H and O–H groups in total. The summed E-state index contributed by atoms with van der Waals surface area (Å²) in [6.07, 6.45) is 2.33. The molecule has 0 aliphatic carbocycles. The second-order valence-electron chi connectivity index (χ2n) is 3.52. The van der Waals surface area contributed by atoms with Gasteiger partial charge in [-0.15, -0.1) is 11.8 Å². The number of benzene rings is 1. The summed E-state index contributed by atoms with van der Waals surface area (Å²) >= 11 is 1.78. The van der Waals surface area contributed by atoms with E-state index in [-0.39, 0.29) is 0 Å². The van der Waals surface area contributed by atoms with Gasteiger partial charge < -0.3 is 4.74 Å². The quantitative estimate of drug-likeness (QED) is 0.537. The summed E-state index contributed by atoms with van der Waals surface area (Å²) in [6.45, 7) is 1.92. The average Bonchev–Trinajstić information content (AvgIpc) is 2.35. The van der Waals surface area contributed by atoms with Crippen molar-refractivity contribution in [3.8, 4) is 5.75 Å². The van der Waals surface area contributed by atoms with Gasteiger partial charge in [-0.25, -0.2) is 0 Å². The van der Waals surface area contributed by atoms with Gasteiger partial charge in [0.05, 0.1) is 7.11 Å². The monoisotopic (exact) mass is 238 g/mol. The van der Waals surface area contributed by atoms with Crippen molar-refractivity contribution >= 4 is 17.5 Å². The summed E-state index contributed by atoms with van der Waals surface area (Å²) in [4.78, 5) is 12.3. The minimum atomic E-state index is 0.357. The number of rotatable bonds is 7. The molecule has 0 radical (unpaired) electrons. The van der Waals surface area contributed by atoms with Gasteiger partial charge in [0.15, 0.2) is 0 Å². The van der Waals surface area contributed by atoms with Crippen molar-refractivity contribution < 1.29 is 9.53 Å². The zero-order valence-electron chi connectivity index (χ0n) is 9.86. The van der Waals surface area contributed by atoms with Crippen LogP contribution in [0.25, 0.3) is 0 Å². The van der Waals surface area contributed by atoms with Gasteiger partial charge in [0.1, 0.15) is 11.5 Å². The predicted molar refractivity (Wildman–Crippen MR) is 68.3 cm³/mol. The highest BCUT2D eigenvalue weighted by Gasteiger charge is 1.99. The molecule has 1 aromatic rings. The maximum atomic E-state index is 11.1. The Morgan fingerprint density at radius 1 is 1.31 bits per heavy atom. The van der Waals surface area contributed by atoms with Crippen molar-refractivity contribution in [3.05, 3.63) is 24.3 Å². The number of carbonyl (C=O) groups is 1. The Kier molecular flexibility index (Phi) is 6.01. The van der Waals surface area contributed by atoms with Crippen molar-refractivity contribution in [1.82, 2.24) is 0 Å². The van der Waals surface area contributed by atoms with Gasteiger partial charge in [-0.2, -0.15) is 0 Å². The van der Waals surface area contributed by atoms with Crippen LogP contribution in [0.15, 0.2) is 29.2 Å². The largest absolute Gasteiger partial charge is 0.497 e. The highest BCUT2D eigenvalue weighted by Crippen LogP contribution is 2.22. The molecule has 3 heteroatoms. The first kappa shape index (κ1) is 13.1. The van der Waals surface area contributed by atoms with Crippen LogP contribution in [-0.4, -0.2) is 18.6 Å². The van der Waals surface area contributed by atoms with Gasteiger partial charge in [0, 0.05) is 17.7 Å². The summed E-state index contributed by atoms with van der Waals surface area (Å²) in [5.41, 5.74) is 0. The molecular formula is C13H18O2S. The van der Waals surface area contributed by atoms with Crippen LogP contribution in [0.4, 0.5) is 0 Å². The summed E-state index contributed by atoms with van der Waals surface area (Å²) < 4.78 is 5.09. The van der Waals surface area contributed by atoms with E-state index in [9.17, 15) is 4.79 Å². The van der Waals surface area contributed by atoms with Crippen molar-refractivity contribution in [2.75, 3.05) is 12.9 Å². The molecule has 0 amide bonds. The molecule has 0 saturated heterocycles. The van der Waals surface area contributed by atoms with Crippen molar-refractivity contribution in [1.29, 1.82) is 0 Å². The molecular weight excluding hydrogens is 220 g/mol. The minimum absolute atomic E-state index is 0.357. The van der Waals surface area contributed by atoms with E-state index in [1.807, 2.05) is 31.2 Å². The fourth-order valence-corrected chi connectivity index (χ4v) is 2.16. The highest BCUT2D eigenvalue weighted by molar-refractivity contribution is 7.99. The molecule has 2 nitrogen and oxygen atoms in total. The zero-order valence-corrected chi connectivity index (χ0v) is 10.7. The second-order valence-corrected chi connectivity index (χ2v) is 4.69. The molecule has 0 saturated carbocycles. The number of methoxy groups -OCH3 is 1. The normalized spacial score (nSPS) is 10.1. The molecule has 0 fully saturated rings. The summed E-state index contributed by atoms with van der Waals surface area (Å²) in [7, 11) is 1.67. The van der Waals surface area contributed by atoms with Crippen LogP contribution in [-0.2, 0) is 4.79 Å². The van der Waals surface area contributed by atoms with Crippen LogP contribution >= 0.6 is 11.8 Å². The number of hydrogen-bond acceptors (Lipinski definition) is 3. The van der Waals surface area contributed by atoms with Gasteiger partial charge in [0.2, 0.25) is 0 Å². The van der Waals surface area contributed by atoms with Crippen molar-refractivity contribution in [2.24, 2.45) is 0 Å². The van der Waals surface area contributed by atoms with Gasteiger partial charge >= 0.3 is 0 Å². The topological polar surface area (TPSA) is 26.3 Å². The summed E-state index contributed by atoms with van der Waals surface area (Å²) in [6, 6.07) is 8.01. The Bertz CT molecular complexity index is 319. The lowest BCUT2D eigenvalue weighted by atomic mass is 10.2. The number of thioether (sulfide) groups is 1. The number of ether oxygens (including phenoxy) is 1. The van der Waals surface area contributed by atoms with Gasteiger partial charge in [0.25, 0.3) is 0 Å². The Morgan fingerprint density at radius 3 is 2.56 bits per heavy atom. The molecule has 1 rings (SSSR count). The Balaban J connectivity index is 2.24. The minimum Gasteiger partial charge on any atom is -0.497 e. The Labute approximate surface area is 101 Å². The maximum Gasteiger partial charge on any atom is 0.132 e. The molecule has 0 aliphatic heterocycles. The van der Waals surface area contributed by atoms with E-state index in [0.29, 0.717) is 18.6 Å². The molecule has 0 bridgehead atoms. The van der Waals surface area contributed by atoms with Crippen molar-refractivity contribution in [3.63, 3.8) is 0 Å². The van der Waals surface area contributed by atoms with Crippen LogP contribution in [0.3, 0.4) is 0 Å². The smallest absolute Gasteiger partial charge is 0.132 e. The van der Waals surface area contributed by atoms with E-state index in [4.69, 9.17) is 4.74 Å². The lowest BCUT2D eigenvalue weighted by Gasteiger charge is -2.03. The third-order valence-electron chi connectivity index (χ3n) is 2.32. The van der Waals surface area contributed by atoms with E-state index >= 15 is 0 Å². The molecule has 1 aromatic carbocycles. The van der Waals surface area contributed by atoms with E-state index in [1.54, 1.807) is 18.9 Å². The van der Waals surface area contributed by atoms with E-state index in [2.05, 4.69) is 0 Å². The first-order valence-corrected chi connectivity index (χ1v) is 6.53. The third-order valence-corrected chi connectivity index (χ3v) is 3.42. The zero-order chi connectivity index (χ0) is 11.8.